The summed E-state index contributed by atoms with van der Waals surface area (Å²) in [5.74, 6) is 0.950. The van der Waals surface area contributed by atoms with Crippen molar-refractivity contribution in [1.29, 1.82) is 10.5 Å². The van der Waals surface area contributed by atoms with E-state index < -0.39 is 5.83 Å². The van der Waals surface area contributed by atoms with Crippen molar-refractivity contribution in [1.82, 2.24) is 0 Å². The van der Waals surface area contributed by atoms with E-state index >= 15 is 0 Å². The molecular formula is C24H29FN2. The second-order valence-electron chi connectivity index (χ2n) is 7.57. The Morgan fingerprint density at radius 3 is 2.30 bits per heavy atom. The van der Waals surface area contributed by atoms with Crippen molar-refractivity contribution in [3.63, 3.8) is 0 Å². The highest BCUT2D eigenvalue weighted by Crippen LogP contribution is 2.34. The van der Waals surface area contributed by atoms with Crippen LogP contribution in [0, 0.1) is 34.5 Å². The van der Waals surface area contributed by atoms with Gasteiger partial charge in [-0.3, -0.25) is 0 Å². The van der Waals surface area contributed by atoms with Crippen molar-refractivity contribution >= 4 is 0 Å². The molecule has 1 saturated carbocycles. The Morgan fingerprint density at radius 2 is 1.67 bits per heavy atom. The topological polar surface area (TPSA) is 47.6 Å². The van der Waals surface area contributed by atoms with Gasteiger partial charge in [-0.15, -0.1) is 0 Å². The van der Waals surface area contributed by atoms with E-state index in [9.17, 15) is 4.39 Å². The molecule has 1 aliphatic rings. The van der Waals surface area contributed by atoms with Crippen LogP contribution < -0.4 is 0 Å². The van der Waals surface area contributed by atoms with Crippen molar-refractivity contribution in [2.24, 2.45) is 11.8 Å². The average Bonchev–Trinajstić information content (AvgIpc) is 2.72. The summed E-state index contributed by atoms with van der Waals surface area (Å²) < 4.78 is 12.6. The highest BCUT2D eigenvalue weighted by molar-refractivity contribution is 5.31. The Hall–Kier alpha value is -2.39. The Kier molecular flexibility index (Phi) is 9.36. The summed E-state index contributed by atoms with van der Waals surface area (Å²) in [5, 5.41) is 17.2. The maximum atomic E-state index is 12.6. The molecule has 2 rings (SSSR count). The van der Waals surface area contributed by atoms with E-state index in [1.807, 2.05) is 18.2 Å². The maximum absolute atomic E-state index is 12.6. The number of allylic oxidation sites excluding steroid dienone is 4. The van der Waals surface area contributed by atoms with Crippen LogP contribution in [0.5, 0.6) is 0 Å². The van der Waals surface area contributed by atoms with Gasteiger partial charge in [0.05, 0.1) is 11.6 Å². The van der Waals surface area contributed by atoms with E-state index in [-0.39, 0.29) is 0 Å². The van der Waals surface area contributed by atoms with Crippen LogP contribution in [0.1, 0.15) is 68.9 Å². The molecule has 0 saturated heterocycles. The number of nitrogens with zero attached hydrogens (tertiary/aromatic N) is 2. The molecule has 27 heavy (non-hydrogen) atoms. The van der Waals surface area contributed by atoms with E-state index in [1.54, 1.807) is 6.08 Å². The number of nitriles is 2. The van der Waals surface area contributed by atoms with E-state index in [4.69, 9.17) is 10.5 Å². The second-order valence-corrected chi connectivity index (χ2v) is 7.57. The summed E-state index contributed by atoms with van der Waals surface area (Å²) in [4.78, 5) is 0. The smallest absolute Gasteiger partial charge is 0.195 e. The van der Waals surface area contributed by atoms with Gasteiger partial charge >= 0.3 is 0 Å². The van der Waals surface area contributed by atoms with E-state index in [0.717, 1.165) is 30.2 Å². The normalized spacial score (nSPS) is 20.3. The number of benzene rings is 1. The summed E-state index contributed by atoms with van der Waals surface area (Å²) in [5.41, 5.74) is 2.06. The van der Waals surface area contributed by atoms with Crippen molar-refractivity contribution in [3.05, 3.63) is 59.4 Å². The SMILES string of the molecule is N#CC(F)=CC=CCC[C@H]1CC[C@H](CCCCc2ccc(C#N)cc2)CC1. The number of aryl methyl sites for hydroxylation is 1. The van der Waals surface area contributed by atoms with Gasteiger partial charge < -0.3 is 0 Å². The summed E-state index contributed by atoms with van der Waals surface area (Å²) in [7, 11) is 0. The molecule has 1 fully saturated rings. The Bertz CT molecular complexity index is 695. The van der Waals surface area contributed by atoms with Crippen molar-refractivity contribution in [2.45, 2.75) is 64.2 Å². The van der Waals surface area contributed by atoms with Gasteiger partial charge in [-0.1, -0.05) is 62.8 Å². The second kappa shape index (κ2) is 12.1. The van der Waals surface area contributed by atoms with E-state index in [2.05, 4.69) is 18.2 Å². The molecule has 0 heterocycles. The highest BCUT2D eigenvalue weighted by atomic mass is 19.1. The number of hydrogen-bond donors (Lipinski definition) is 0. The third kappa shape index (κ3) is 8.23. The molecule has 0 unspecified atom stereocenters. The lowest BCUT2D eigenvalue weighted by atomic mass is 9.78. The minimum atomic E-state index is -0.731. The van der Waals surface area contributed by atoms with Crippen LogP contribution in [0.2, 0.25) is 0 Å². The fraction of sp³-hybridized carbons (Fsp3) is 0.500. The minimum Gasteiger partial charge on any atom is -0.195 e. The fourth-order valence-corrected chi connectivity index (χ4v) is 3.93. The van der Waals surface area contributed by atoms with Crippen LogP contribution in [0.15, 0.2) is 48.3 Å². The molecule has 0 radical (unpaired) electrons. The number of halogens is 1. The molecule has 1 aromatic rings. The lowest BCUT2D eigenvalue weighted by Crippen LogP contribution is -2.14. The molecule has 0 aliphatic heterocycles. The first-order chi connectivity index (χ1) is 13.2. The lowest BCUT2D eigenvalue weighted by molar-refractivity contribution is 0.250. The molecule has 0 spiro atoms. The zero-order valence-electron chi connectivity index (χ0n) is 16.0. The third-order valence-electron chi connectivity index (χ3n) is 5.60. The van der Waals surface area contributed by atoms with Gasteiger partial charge in [0.25, 0.3) is 0 Å². The van der Waals surface area contributed by atoms with Gasteiger partial charge in [0.1, 0.15) is 6.07 Å². The number of unbranched alkanes of at least 4 members (excludes halogenated alkanes) is 1. The zero-order chi connectivity index (χ0) is 19.3. The Labute approximate surface area is 163 Å². The molecule has 0 aromatic heterocycles. The van der Waals surface area contributed by atoms with Gasteiger partial charge in [0.2, 0.25) is 0 Å². The zero-order valence-corrected chi connectivity index (χ0v) is 16.0. The van der Waals surface area contributed by atoms with Gasteiger partial charge in [-0.2, -0.15) is 14.9 Å². The number of hydrogen-bond acceptors (Lipinski definition) is 2. The van der Waals surface area contributed by atoms with Crippen molar-refractivity contribution in [2.75, 3.05) is 0 Å². The van der Waals surface area contributed by atoms with Crippen LogP contribution in [-0.4, -0.2) is 0 Å². The molecule has 0 bridgehead atoms. The molecule has 0 N–H and O–H groups in total. The Morgan fingerprint density at radius 1 is 1.00 bits per heavy atom. The largest absolute Gasteiger partial charge is 0.199 e. The predicted molar refractivity (Wildman–Crippen MR) is 107 cm³/mol. The summed E-state index contributed by atoms with van der Waals surface area (Å²) in [6, 6.07) is 11.6. The quantitative estimate of drug-likeness (QED) is 0.275. The van der Waals surface area contributed by atoms with Crippen molar-refractivity contribution in [3.8, 4) is 12.1 Å². The minimum absolute atomic E-state index is 0.731. The molecule has 2 nitrogen and oxygen atoms in total. The summed E-state index contributed by atoms with van der Waals surface area (Å²) >= 11 is 0. The highest BCUT2D eigenvalue weighted by Gasteiger charge is 2.20. The van der Waals surface area contributed by atoms with Crippen LogP contribution in [0.3, 0.4) is 0 Å². The molecule has 3 heteroatoms. The van der Waals surface area contributed by atoms with Crippen LogP contribution >= 0.6 is 0 Å². The molecule has 1 aliphatic carbocycles. The van der Waals surface area contributed by atoms with Crippen LogP contribution in [0.25, 0.3) is 0 Å². The van der Waals surface area contributed by atoms with E-state index in [0.29, 0.717) is 0 Å². The third-order valence-corrected chi connectivity index (χ3v) is 5.60. The van der Waals surface area contributed by atoms with E-state index in [1.165, 1.54) is 69.1 Å². The van der Waals surface area contributed by atoms with Gasteiger partial charge in [0, 0.05) is 0 Å². The summed E-state index contributed by atoms with van der Waals surface area (Å²) in [6.45, 7) is 0. The molecule has 0 atom stereocenters. The first-order valence-electron chi connectivity index (χ1n) is 10.1. The fourth-order valence-electron chi connectivity index (χ4n) is 3.93. The summed E-state index contributed by atoms with van der Waals surface area (Å²) in [6.07, 6.45) is 17.3. The molecule has 1 aromatic carbocycles. The predicted octanol–water partition coefficient (Wildman–Crippen LogP) is 6.79. The first kappa shape index (κ1) is 20.9. The van der Waals surface area contributed by atoms with Crippen LogP contribution in [-0.2, 0) is 6.42 Å². The Balaban J connectivity index is 1.54. The molecule has 142 valence electrons. The first-order valence-corrected chi connectivity index (χ1v) is 10.1. The standard InChI is InChI=1S/C24H29FN2/c25-24(19-27)9-3-1-2-6-20-10-12-21(13-11-20)7-4-5-8-22-14-16-23(18-26)17-15-22/h1,3,9,14-17,20-21H,2,4-8,10-13H2/t20-,21-. The average molecular weight is 365 g/mol. The molecule has 0 amide bonds. The van der Waals surface area contributed by atoms with Crippen molar-refractivity contribution < 1.29 is 4.39 Å². The van der Waals surface area contributed by atoms with Gasteiger partial charge in [-0.05, 0) is 61.3 Å². The number of rotatable bonds is 9. The van der Waals surface area contributed by atoms with Crippen LogP contribution in [0.4, 0.5) is 4.39 Å². The van der Waals surface area contributed by atoms with Gasteiger partial charge in [0.15, 0.2) is 5.83 Å². The lowest BCUT2D eigenvalue weighted by Gasteiger charge is -2.28. The van der Waals surface area contributed by atoms with Gasteiger partial charge in [-0.25, -0.2) is 0 Å². The monoisotopic (exact) mass is 364 g/mol. The maximum Gasteiger partial charge on any atom is 0.199 e. The molecular weight excluding hydrogens is 335 g/mol.